The highest BCUT2D eigenvalue weighted by Gasteiger charge is 2.33. The fourth-order valence-corrected chi connectivity index (χ4v) is 5.78. The van der Waals surface area contributed by atoms with Crippen molar-refractivity contribution in [1.82, 2.24) is 10.2 Å². The van der Waals surface area contributed by atoms with Crippen LogP contribution >= 0.6 is 27.5 Å². The summed E-state index contributed by atoms with van der Waals surface area (Å²) in [5, 5.41) is 3.18. The highest BCUT2D eigenvalue weighted by Crippen LogP contribution is 2.30. The molecule has 0 aliphatic rings. The van der Waals surface area contributed by atoms with Crippen LogP contribution in [0.2, 0.25) is 5.02 Å². The number of hydrogen-bond acceptors (Lipinski definition) is 4. The summed E-state index contributed by atoms with van der Waals surface area (Å²) in [5.74, 6) is -0.861. The SMILES string of the molecule is Cc1ccc(Cl)cc1N(CC(=O)N(Cc1ccc(Br)cc1)C(C)C(=O)NC(C)C)S(=O)(=O)c1ccccc1. The van der Waals surface area contributed by atoms with Crippen molar-refractivity contribution < 1.29 is 18.0 Å². The summed E-state index contributed by atoms with van der Waals surface area (Å²) in [6, 6.07) is 19.2. The fourth-order valence-electron chi connectivity index (χ4n) is 3.86. The van der Waals surface area contributed by atoms with E-state index in [0.717, 1.165) is 14.3 Å². The third-order valence-corrected chi connectivity index (χ3v) is 8.45. The minimum Gasteiger partial charge on any atom is -0.352 e. The summed E-state index contributed by atoms with van der Waals surface area (Å²) in [7, 11) is -4.14. The highest BCUT2D eigenvalue weighted by molar-refractivity contribution is 9.10. The van der Waals surface area contributed by atoms with E-state index in [-0.39, 0.29) is 29.1 Å². The normalized spacial score (nSPS) is 12.2. The maximum atomic E-state index is 13.9. The van der Waals surface area contributed by atoms with Gasteiger partial charge in [0.25, 0.3) is 10.0 Å². The summed E-state index contributed by atoms with van der Waals surface area (Å²) in [6.45, 7) is 6.65. The van der Waals surface area contributed by atoms with Gasteiger partial charge in [0.05, 0.1) is 10.6 Å². The number of sulfonamides is 1. The topological polar surface area (TPSA) is 86.8 Å². The van der Waals surface area contributed by atoms with E-state index in [4.69, 9.17) is 11.6 Å². The van der Waals surface area contributed by atoms with Crippen LogP contribution < -0.4 is 9.62 Å². The van der Waals surface area contributed by atoms with E-state index >= 15 is 0 Å². The molecule has 7 nitrogen and oxygen atoms in total. The summed E-state index contributed by atoms with van der Waals surface area (Å²) in [5.41, 5.74) is 1.71. The smallest absolute Gasteiger partial charge is 0.264 e. The van der Waals surface area contributed by atoms with Gasteiger partial charge in [0, 0.05) is 22.1 Å². The van der Waals surface area contributed by atoms with Crippen LogP contribution in [0.4, 0.5) is 5.69 Å². The minimum atomic E-state index is -4.14. The van der Waals surface area contributed by atoms with Gasteiger partial charge in [-0.2, -0.15) is 0 Å². The maximum Gasteiger partial charge on any atom is 0.264 e. The van der Waals surface area contributed by atoms with E-state index in [9.17, 15) is 18.0 Å². The molecule has 0 radical (unpaired) electrons. The molecule has 1 unspecified atom stereocenters. The van der Waals surface area contributed by atoms with Gasteiger partial charge in [0.15, 0.2) is 0 Å². The Morgan fingerprint density at radius 2 is 1.61 bits per heavy atom. The number of hydrogen-bond donors (Lipinski definition) is 1. The van der Waals surface area contributed by atoms with E-state index < -0.39 is 28.5 Å². The highest BCUT2D eigenvalue weighted by atomic mass is 79.9. The third kappa shape index (κ3) is 7.36. The van der Waals surface area contributed by atoms with Crippen molar-refractivity contribution in [3.8, 4) is 0 Å². The van der Waals surface area contributed by atoms with Gasteiger partial charge >= 0.3 is 0 Å². The lowest BCUT2D eigenvalue weighted by Crippen LogP contribution is -2.52. The molecule has 3 rings (SSSR count). The van der Waals surface area contributed by atoms with Crippen LogP contribution in [0.5, 0.6) is 0 Å². The monoisotopic (exact) mass is 619 g/mol. The molecule has 1 atom stereocenters. The van der Waals surface area contributed by atoms with Crippen LogP contribution in [-0.2, 0) is 26.2 Å². The molecule has 38 heavy (non-hydrogen) atoms. The summed E-state index contributed by atoms with van der Waals surface area (Å²) in [4.78, 5) is 28.3. The van der Waals surface area contributed by atoms with Gasteiger partial charge in [0.1, 0.15) is 12.6 Å². The van der Waals surface area contributed by atoms with Crippen molar-refractivity contribution in [2.24, 2.45) is 0 Å². The lowest BCUT2D eigenvalue weighted by molar-refractivity contribution is -0.139. The Balaban J connectivity index is 2.06. The molecule has 0 aliphatic heterocycles. The number of halogens is 2. The molecule has 3 aromatic carbocycles. The lowest BCUT2D eigenvalue weighted by Gasteiger charge is -2.32. The number of carbonyl (C=O) groups excluding carboxylic acids is 2. The van der Waals surface area contributed by atoms with Gasteiger partial charge in [-0.3, -0.25) is 13.9 Å². The first-order chi connectivity index (χ1) is 17.9. The van der Waals surface area contributed by atoms with Crippen molar-refractivity contribution in [3.63, 3.8) is 0 Å². The van der Waals surface area contributed by atoms with Crippen LogP contribution in [0.15, 0.2) is 82.2 Å². The molecule has 3 aromatic rings. The molecule has 202 valence electrons. The van der Waals surface area contributed by atoms with Gasteiger partial charge in [-0.05, 0) is 75.2 Å². The third-order valence-electron chi connectivity index (χ3n) is 5.91. The number of aryl methyl sites for hydroxylation is 1. The van der Waals surface area contributed by atoms with Crippen LogP contribution in [0.25, 0.3) is 0 Å². The molecule has 0 spiro atoms. The first-order valence-electron chi connectivity index (χ1n) is 12.1. The number of nitrogens with one attached hydrogen (secondary N) is 1. The molecule has 0 aromatic heterocycles. The number of carbonyl (C=O) groups is 2. The second-order valence-electron chi connectivity index (χ2n) is 9.24. The second kappa shape index (κ2) is 12.8. The number of nitrogens with zero attached hydrogens (tertiary/aromatic N) is 2. The first-order valence-corrected chi connectivity index (χ1v) is 14.7. The first kappa shape index (κ1) is 29.7. The number of anilines is 1. The fraction of sp³-hybridized carbons (Fsp3) is 0.286. The Bertz CT molecular complexity index is 1380. The molecule has 0 heterocycles. The van der Waals surface area contributed by atoms with E-state index in [1.807, 2.05) is 38.1 Å². The van der Waals surface area contributed by atoms with Gasteiger partial charge in [-0.15, -0.1) is 0 Å². The van der Waals surface area contributed by atoms with Crippen LogP contribution in [0.3, 0.4) is 0 Å². The van der Waals surface area contributed by atoms with Crippen molar-refractivity contribution in [2.45, 2.75) is 51.2 Å². The predicted octanol–water partition coefficient (Wildman–Crippen LogP) is 5.55. The predicted molar refractivity (Wildman–Crippen MR) is 155 cm³/mol. The van der Waals surface area contributed by atoms with Gasteiger partial charge in [0.2, 0.25) is 11.8 Å². The Morgan fingerprint density at radius 3 is 2.21 bits per heavy atom. The number of benzene rings is 3. The molecule has 2 amide bonds. The van der Waals surface area contributed by atoms with E-state index in [1.165, 1.54) is 23.1 Å². The molecule has 0 bridgehead atoms. The Kier molecular flexibility index (Phi) is 9.98. The van der Waals surface area contributed by atoms with Crippen molar-refractivity contribution >= 4 is 55.1 Å². The van der Waals surface area contributed by atoms with Crippen LogP contribution in [-0.4, -0.2) is 43.8 Å². The molecule has 0 saturated heterocycles. The second-order valence-corrected chi connectivity index (χ2v) is 12.5. The van der Waals surface area contributed by atoms with Gasteiger partial charge in [-0.1, -0.05) is 63.9 Å². The molecule has 0 aliphatic carbocycles. The van der Waals surface area contributed by atoms with Gasteiger partial charge in [-0.25, -0.2) is 8.42 Å². The zero-order valence-corrected chi connectivity index (χ0v) is 24.8. The molecule has 1 N–H and O–H groups in total. The Morgan fingerprint density at radius 1 is 0.974 bits per heavy atom. The molecule has 10 heteroatoms. The van der Waals surface area contributed by atoms with E-state index in [1.54, 1.807) is 44.2 Å². The van der Waals surface area contributed by atoms with E-state index in [2.05, 4.69) is 21.2 Å². The number of amides is 2. The minimum absolute atomic E-state index is 0.0391. The largest absolute Gasteiger partial charge is 0.352 e. The van der Waals surface area contributed by atoms with Crippen molar-refractivity contribution in [2.75, 3.05) is 10.8 Å². The molecule has 0 saturated carbocycles. The van der Waals surface area contributed by atoms with Gasteiger partial charge < -0.3 is 10.2 Å². The summed E-state index contributed by atoms with van der Waals surface area (Å²) < 4.78 is 29.6. The average Bonchev–Trinajstić information content (AvgIpc) is 2.88. The Labute approximate surface area is 238 Å². The average molecular weight is 621 g/mol. The number of rotatable bonds is 10. The quantitative estimate of drug-likeness (QED) is 0.322. The standard InChI is InChI=1S/C28H31BrClN3O4S/c1-19(2)31-28(35)21(4)32(17-22-11-13-23(29)14-12-22)27(34)18-33(26-16-24(30)15-10-20(26)3)38(36,37)25-8-6-5-7-9-25/h5-16,19,21H,17-18H2,1-4H3,(H,31,35). The van der Waals surface area contributed by atoms with Crippen molar-refractivity contribution in [1.29, 1.82) is 0 Å². The van der Waals surface area contributed by atoms with Crippen LogP contribution in [0, 0.1) is 6.92 Å². The Hall–Kier alpha value is -2.88. The summed E-state index contributed by atoms with van der Waals surface area (Å²) >= 11 is 9.65. The molecular formula is C28H31BrClN3O4S. The lowest BCUT2D eigenvalue weighted by atomic mass is 10.1. The van der Waals surface area contributed by atoms with Crippen molar-refractivity contribution in [3.05, 3.63) is 93.4 Å². The zero-order chi connectivity index (χ0) is 28.0. The zero-order valence-electron chi connectivity index (χ0n) is 21.7. The molecule has 0 fully saturated rings. The van der Waals surface area contributed by atoms with Crippen LogP contribution in [0.1, 0.15) is 31.9 Å². The summed E-state index contributed by atoms with van der Waals surface area (Å²) in [6.07, 6.45) is 0. The van der Waals surface area contributed by atoms with E-state index in [0.29, 0.717) is 10.6 Å². The molecular weight excluding hydrogens is 590 g/mol. The maximum absolute atomic E-state index is 13.9.